The molecule has 3 rings (SSSR count). The highest BCUT2D eigenvalue weighted by molar-refractivity contribution is 5.49. The van der Waals surface area contributed by atoms with Gasteiger partial charge in [-0.3, -0.25) is 4.98 Å². The second kappa shape index (κ2) is 8.25. The quantitative estimate of drug-likeness (QED) is 0.579. The van der Waals surface area contributed by atoms with Crippen molar-refractivity contribution in [3.8, 4) is 6.07 Å². The van der Waals surface area contributed by atoms with E-state index in [1.807, 2.05) is 50.2 Å². The zero-order valence-corrected chi connectivity index (χ0v) is 15.1. The maximum absolute atomic E-state index is 10.4. The van der Waals surface area contributed by atoms with Gasteiger partial charge in [0.2, 0.25) is 5.82 Å². The van der Waals surface area contributed by atoms with Crippen molar-refractivity contribution in [1.29, 1.82) is 5.26 Å². The highest BCUT2D eigenvalue weighted by Gasteiger charge is 2.11. The SMILES string of the molecule is Cc1cncc(C(O)Nc2cccc(C(C)Nc3ccnc(C#N)n3)c2)c1. The number of aliphatic hydroxyl groups is 1. The first kappa shape index (κ1) is 18.3. The van der Waals surface area contributed by atoms with Gasteiger partial charge < -0.3 is 15.7 Å². The number of rotatable bonds is 6. The van der Waals surface area contributed by atoms with Gasteiger partial charge in [-0.2, -0.15) is 5.26 Å². The molecule has 1 aromatic carbocycles. The molecule has 2 aromatic heterocycles. The maximum atomic E-state index is 10.4. The Morgan fingerprint density at radius 3 is 2.74 bits per heavy atom. The minimum atomic E-state index is -0.851. The van der Waals surface area contributed by atoms with Crippen molar-refractivity contribution in [3.63, 3.8) is 0 Å². The summed E-state index contributed by atoms with van der Waals surface area (Å²) in [6, 6.07) is 13.2. The molecule has 0 amide bonds. The Hall–Kier alpha value is -3.50. The van der Waals surface area contributed by atoms with Gasteiger partial charge in [-0.1, -0.05) is 12.1 Å². The van der Waals surface area contributed by atoms with Crippen molar-refractivity contribution in [2.24, 2.45) is 0 Å². The first-order valence-electron chi connectivity index (χ1n) is 8.51. The fourth-order valence-electron chi connectivity index (χ4n) is 2.66. The van der Waals surface area contributed by atoms with Crippen LogP contribution < -0.4 is 10.6 Å². The van der Waals surface area contributed by atoms with Crippen LogP contribution in [-0.4, -0.2) is 20.1 Å². The molecule has 0 aliphatic carbocycles. The highest BCUT2D eigenvalue weighted by atomic mass is 16.3. The van der Waals surface area contributed by atoms with Crippen LogP contribution in [0.1, 0.15) is 41.7 Å². The molecule has 2 heterocycles. The van der Waals surface area contributed by atoms with Crippen LogP contribution in [0.3, 0.4) is 0 Å². The van der Waals surface area contributed by atoms with E-state index in [1.165, 1.54) is 0 Å². The number of aromatic nitrogens is 3. The summed E-state index contributed by atoms with van der Waals surface area (Å²) < 4.78 is 0. The van der Waals surface area contributed by atoms with Crippen LogP contribution >= 0.6 is 0 Å². The minimum absolute atomic E-state index is 0.0500. The Labute approximate surface area is 157 Å². The molecule has 136 valence electrons. The molecule has 0 saturated carbocycles. The molecule has 0 bridgehead atoms. The van der Waals surface area contributed by atoms with E-state index in [-0.39, 0.29) is 11.9 Å². The Bertz CT molecular complexity index is 968. The lowest BCUT2D eigenvalue weighted by atomic mass is 10.1. The third kappa shape index (κ3) is 4.77. The summed E-state index contributed by atoms with van der Waals surface area (Å²) in [5.74, 6) is 0.704. The van der Waals surface area contributed by atoms with Crippen LogP contribution in [0.4, 0.5) is 11.5 Å². The van der Waals surface area contributed by atoms with Gasteiger partial charge in [-0.15, -0.1) is 0 Å². The van der Waals surface area contributed by atoms with Crippen molar-refractivity contribution in [2.45, 2.75) is 26.1 Å². The molecular formula is C20H20N6O. The summed E-state index contributed by atoms with van der Waals surface area (Å²) in [7, 11) is 0. The monoisotopic (exact) mass is 360 g/mol. The fraction of sp³-hybridized carbons (Fsp3) is 0.200. The largest absolute Gasteiger partial charge is 0.369 e. The fourth-order valence-corrected chi connectivity index (χ4v) is 2.66. The van der Waals surface area contributed by atoms with E-state index in [4.69, 9.17) is 5.26 Å². The average molecular weight is 360 g/mol. The predicted octanol–water partition coefficient (Wildman–Crippen LogP) is 3.33. The summed E-state index contributed by atoms with van der Waals surface area (Å²) in [5.41, 5.74) is 3.49. The van der Waals surface area contributed by atoms with E-state index in [0.717, 1.165) is 16.8 Å². The summed E-state index contributed by atoms with van der Waals surface area (Å²) in [5, 5.41) is 25.6. The van der Waals surface area contributed by atoms with Crippen molar-refractivity contribution in [2.75, 3.05) is 10.6 Å². The Morgan fingerprint density at radius 2 is 1.96 bits per heavy atom. The van der Waals surface area contributed by atoms with Crippen LogP contribution in [0.5, 0.6) is 0 Å². The third-order valence-electron chi connectivity index (χ3n) is 4.02. The summed E-state index contributed by atoms with van der Waals surface area (Å²) in [6.45, 7) is 3.93. The van der Waals surface area contributed by atoms with E-state index in [2.05, 4.69) is 25.6 Å². The lowest BCUT2D eigenvalue weighted by Crippen LogP contribution is -2.12. The van der Waals surface area contributed by atoms with E-state index < -0.39 is 6.23 Å². The molecule has 7 nitrogen and oxygen atoms in total. The Morgan fingerprint density at radius 1 is 1.11 bits per heavy atom. The normalized spacial score (nSPS) is 12.7. The van der Waals surface area contributed by atoms with Gasteiger partial charge >= 0.3 is 0 Å². The van der Waals surface area contributed by atoms with Crippen LogP contribution in [0, 0.1) is 18.3 Å². The summed E-state index contributed by atoms with van der Waals surface area (Å²) in [4.78, 5) is 12.1. The van der Waals surface area contributed by atoms with Crippen LogP contribution in [0.2, 0.25) is 0 Å². The van der Waals surface area contributed by atoms with Gasteiger partial charge in [0.05, 0.1) is 6.04 Å². The molecule has 0 aliphatic rings. The first-order chi connectivity index (χ1) is 13.0. The van der Waals surface area contributed by atoms with Crippen molar-refractivity contribution >= 4 is 11.5 Å². The number of aryl methyl sites for hydroxylation is 1. The number of benzene rings is 1. The number of nitrogens with zero attached hydrogens (tertiary/aromatic N) is 4. The van der Waals surface area contributed by atoms with Gasteiger partial charge in [0.25, 0.3) is 0 Å². The third-order valence-corrected chi connectivity index (χ3v) is 4.02. The minimum Gasteiger partial charge on any atom is -0.369 e. The summed E-state index contributed by atoms with van der Waals surface area (Å²) >= 11 is 0. The lowest BCUT2D eigenvalue weighted by molar-refractivity contribution is 0.207. The summed E-state index contributed by atoms with van der Waals surface area (Å²) in [6.07, 6.45) is 4.08. The topological polar surface area (TPSA) is 107 Å². The second-order valence-corrected chi connectivity index (χ2v) is 6.21. The van der Waals surface area contributed by atoms with Crippen LogP contribution in [0.15, 0.2) is 55.0 Å². The lowest BCUT2D eigenvalue weighted by Gasteiger charge is -2.18. The van der Waals surface area contributed by atoms with Crippen molar-refractivity contribution in [1.82, 2.24) is 15.0 Å². The molecule has 0 spiro atoms. The number of hydrogen-bond acceptors (Lipinski definition) is 7. The van der Waals surface area contributed by atoms with Crippen molar-refractivity contribution in [3.05, 3.63) is 77.5 Å². The van der Waals surface area contributed by atoms with Crippen molar-refractivity contribution < 1.29 is 5.11 Å². The zero-order valence-electron chi connectivity index (χ0n) is 15.1. The molecule has 0 radical (unpaired) electrons. The molecule has 0 aliphatic heterocycles. The Balaban J connectivity index is 1.71. The number of pyridine rings is 1. The molecular weight excluding hydrogens is 340 g/mol. The smallest absolute Gasteiger partial charge is 0.234 e. The van der Waals surface area contributed by atoms with Crippen LogP contribution in [0.25, 0.3) is 0 Å². The molecule has 2 atom stereocenters. The van der Waals surface area contributed by atoms with E-state index in [1.54, 1.807) is 24.7 Å². The van der Waals surface area contributed by atoms with Crippen LogP contribution in [-0.2, 0) is 0 Å². The standard InChI is InChI=1S/C20H20N6O/c1-13-8-16(12-22-11-13)20(27)25-17-5-3-4-15(9-17)14(2)24-18-6-7-23-19(10-21)26-18/h3-9,11-12,14,20,25,27H,1-2H3,(H,23,24,26). The van der Waals surface area contributed by atoms with Gasteiger partial charge in [-0.25, -0.2) is 9.97 Å². The molecule has 0 fully saturated rings. The van der Waals surface area contributed by atoms with Gasteiger partial charge in [0, 0.05) is 29.8 Å². The van der Waals surface area contributed by atoms with E-state index in [9.17, 15) is 5.11 Å². The molecule has 27 heavy (non-hydrogen) atoms. The zero-order chi connectivity index (χ0) is 19.2. The van der Waals surface area contributed by atoms with Gasteiger partial charge in [-0.05, 0) is 49.2 Å². The molecule has 3 N–H and O–H groups in total. The molecule has 2 unspecified atom stereocenters. The van der Waals surface area contributed by atoms with Gasteiger partial charge in [0.15, 0.2) is 6.23 Å². The van der Waals surface area contributed by atoms with E-state index >= 15 is 0 Å². The number of hydrogen-bond donors (Lipinski definition) is 3. The maximum Gasteiger partial charge on any atom is 0.234 e. The number of nitrogens with one attached hydrogen (secondary N) is 2. The molecule has 7 heteroatoms. The highest BCUT2D eigenvalue weighted by Crippen LogP contribution is 2.23. The average Bonchev–Trinajstić information content (AvgIpc) is 2.68. The molecule has 3 aromatic rings. The molecule has 0 saturated heterocycles. The first-order valence-corrected chi connectivity index (χ1v) is 8.51. The van der Waals surface area contributed by atoms with E-state index in [0.29, 0.717) is 11.4 Å². The van der Waals surface area contributed by atoms with Gasteiger partial charge in [0.1, 0.15) is 11.9 Å². The second-order valence-electron chi connectivity index (χ2n) is 6.21. The number of aliphatic hydroxyl groups excluding tert-OH is 1. The Kier molecular flexibility index (Phi) is 5.59. The number of nitriles is 1. The predicted molar refractivity (Wildman–Crippen MR) is 103 cm³/mol. The number of anilines is 2.